The monoisotopic (exact) mass is 452 g/mol. The Morgan fingerprint density at radius 2 is 1.81 bits per heavy atom. The van der Waals surface area contributed by atoms with Gasteiger partial charge in [0, 0.05) is 54.0 Å². The molecule has 3 heterocycles. The van der Waals surface area contributed by atoms with Crippen LogP contribution in [0.3, 0.4) is 0 Å². The summed E-state index contributed by atoms with van der Waals surface area (Å²) in [5.74, 6) is -0.0498. The number of nitrogens with one attached hydrogen (secondary N) is 2. The van der Waals surface area contributed by atoms with Gasteiger partial charge in [0.25, 0.3) is 0 Å². The van der Waals surface area contributed by atoms with Crippen LogP contribution in [-0.4, -0.2) is 65.9 Å². The molecule has 3 aromatic rings. The fourth-order valence-electron chi connectivity index (χ4n) is 4.43. The lowest BCUT2D eigenvalue weighted by atomic mass is 10.1. The van der Waals surface area contributed by atoms with Crippen LogP contribution in [0.4, 0.5) is 5.69 Å². The summed E-state index contributed by atoms with van der Waals surface area (Å²) in [6.07, 6.45) is 2.37. The number of H-pyrrole nitrogens is 1. The Bertz CT molecular complexity index is 1100. The lowest BCUT2D eigenvalue weighted by Gasteiger charge is -2.26. The van der Waals surface area contributed by atoms with Crippen molar-refractivity contribution in [3.63, 3.8) is 0 Å². The summed E-state index contributed by atoms with van der Waals surface area (Å²) in [6, 6.07) is 16.3. The number of ether oxygens (including phenoxy) is 1. The van der Waals surface area contributed by atoms with E-state index in [4.69, 9.17) is 4.74 Å². The summed E-state index contributed by atoms with van der Waals surface area (Å²) in [5, 5.41) is 1.15. The Morgan fingerprint density at radius 1 is 1.03 bits per heavy atom. The number of carbonyl (C=O) groups excluding carboxylic acids is 1. The largest absolute Gasteiger partial charge is 0.378 e. The van der Waals surface area contributed by atoms with E-state index in [1.807, 2.05) is 24.3 Å². The number of amides is 1. The van der Waals surface area contributed by atoms with E-state index >= 15 is 0 Å². The lowest BCUT2D eigenvalue weighted by Crippen LogP contribution is -2.44. The normalized spacial score (nSPS) is 17.8. The number of benzene rings is 2. The Morgan fingerprint density at radius 3 is 2.59 bits per heavy atom. The summed E-state index contributed by atoms with van der Waals surface area (Å²) in [5.41, 5.74) is 4.28. The van der Waals surface area contributed by atoms with Gasteiger partial charge in [-0.05, 0) is 43.2 Å². The van der Waals surface area contributed by atoms with Crippen molar-refractivity contribution in [3.05, 3.63) is 48.5 Å². The van der Waals surface area contributed by atoms with E-state index in [2.05, 4.69) is 38.9 Å². The molecule has 0 radical (unpaired) electrons. The molecule has 1 amide bonds. The molecule has 0 spiro atoms. The Labute approximate surface area is 190 Å². The van der Waals surface area contributed by atoms with Gasteiger partial charge in [-0.3, -0.25) is 4.79 Å². The average Bonchev–Trinajstić information content (AvgIpc) is 3.52. The third-order valence-electron chi connectivity index (χ3n) is 6.17. The number of anilines is 1. The molecule has 5 rings (SSSR count). The minimum atomic E-state index is -1.48. The van der Waals surface area contributed by atoms with Gasteiger partial charge in [-0.2, -0.15) is 0 Å². The van der Waals surface area contributed by atoms with Gasteiger partial charge < -0.3 is 19.5 Å². The number of rotatable bonds is 6. The van der Waals surface area contributed by atoms with Crippen LogP contribution in [0.2, 0.25) is 0 Å². The first-order valence-electron chi connectivity index (χ1n) is 11.2. The quantitative estimate of drug-likeness (QED) is 0.603. The number of nitrogens with zero attached hydrogens (tertiary/aromatic N) is 2. The predicted molar refractivity (Wildman–Crippen MR) is 127 cm³/mol. The number of aromatic amines is 1. The van der Waals surface area contributed by atoms with Crippen molar-refractivity contribution in [1.82, 2.24) is 14.6 Å². The lowest BCUT2D eigenvalue weighted by molar-refractivity contribution is -0.133. The van der Waals surface area contributed by atoms with E-state index in [1.165, 1.54) is 12.8 Å². The molecule has 1 unspecified atom stereocenters. The molecule has 7 nitrogen and oxygen atoms in total. The molecule has 2 N–H and O–H groups in total. The Balaban J connectivity index is 1.40. The highest BCUT2D eigenvalue weighted by atomic mass is 32.2. The van der Waals surface area contributed by atoms with Crippen LogP contribution in [0.1, 0.15) is 12.8 Å². The standard InChI is InChI=1S/C24H28N4O3S/c29-24(28-11-13-31-14-12-28)17-25-32(30)19-7-8-23(27-9-3-4-10-27)20(16-19)22-15-18-5-1-2-6-21(18)26-22/h1-2,5-8,15-16,25-26H,3-4,9-14,17H2. The molecule has 8 heteroatoms. The Kier molecular flexibility index (Phi) is 6.25. The fraction of sp³-hybridized carbons (Fsp3) is 0.375. The van der Waals surface area contributed by atoms with Crippen molar-refractivity contribution in [3.8, 4) is 11.3 Å². The molecular weight excluding hydrogens is 424 g/mol. The van der Waals surface area contributed by atoms with E-state index in [9.17, 15) is 9.00 Å². The molecule has 2 aliphatic rings. The van der Waals surface area contributed by atoms with Crippen LogP contribution >= 0.6 is 0 Å². The molecule has 168 valence electrons. The second-order valence-corrected chi connectivity index (χ2v) is 9.52. The molecule has 0 saturated carbocycles. The van der Waals surface area contributed by atoms with Gasteiger partial charge in [0.05, 0.1) is 24.7 Å². The zero-order chi connectivity index (χ0) is 21.9. The van der Waals surface area contributed by atoms with Gasteiger partial charge in [-0.1, -0.05) is 18.2 Å². The molecule has 32 heavy (non-hydrogen) atoms. The summed E-state index contributed by atoms with van der Waals surface area (Å²) in [7, 11) is -1.48. The summed E-state index contributed by atoms with van der Waals surface area (Å²) in [4.78, 5) is 20.7. The number of fused-ring (bicyclic) bond motifs is 1. The van der Waals surface area contributed by atoms with Crippen LogP contribution in [-0.2, 0) is 20.5 Å². The highest BCUT2D eigenvalue weighted by Crippen LogP contribution is 2.35. The number of morpholine rings is 1. The van der Waals surface area contributed by atoms with Crippen molar-refractivity contribution >= 4 is 33.5 Å². The molecule has 0 bridgehead atoms. The first-order valence-corrected chi connectivity index (χ1v) is 12.3. The highest BCUT2D eigenvalue weighted by Gasteiger charge is 2.21. The number of hydrogen-bond donors (Lipinski definition) is 2. The second kappa shape index (κ2) is 9.44. The van der Waals surface area contributed by atoms with Gasteiger partial charge in [-0.25, -0.2) is 8.93 Å². The SMILES string of the molecule is O=C(CNS(=O)c1ccc(N2CCCC2)c(-c2cc3ccccc3[nH]2)c1)N1CCOCC1. The molecular formula is C24H28N4O3S. The smallest absolute Gasteiger partial charge is 0.237 e. The number of para-hydroxylation sites is 1. The fourth-order valence-corrected chi connectivity index (χ4v) is 5.27. The van der Waals surface area contributed by atoms with Crippen molar-refractivity contribution in [2.75, 3.05) is 50.8 Å². The first kappa shape index (κ1) is 21.2. The number of carbonyl (C=O) groups is 1. The first-order chi connectivity index (χ1) is 15.7. The van der Waals surface area contributed by atoms with E-state index < -0.39 is 11.0 Å². The van der Waals surface area contributed by atoms with E-state index in [-0.39, 0.29) is 12.5 Å². The van der Waals surface area contributed by atoms with Crippen LogP contribution in [0, 0.1) is 0 Å². The van der Waals surface area contributed by atoms with E-state index in [0.717, 1.165) is 40.9 Å². The summed E-state index contributed by atoms with van der Waals surface area (Å²) in [6.45, 7) is 4.39. The topological polar surface area (TPSA) is 77.7 Å². The zero-order valence-electron chi connectivity index (χ0n) is 18.0. The van der Waals surface area contributed by atoms with Crippen LogP contribution in [0.15, 0.2) is 53.4 Å². The summed E-state index contributed by atoms with van der Waals surface area (Å²) >= 11 is 0. The van der Waals surface area contributed by atoms with Crippen LogP contribution < -0.4 is 9.62 Å². The zero-order valence-corrected chi connectivity index (χ0v) is 18.8. The number of hydrogen-bond acceptors (Lipinski definition) is 4. The average molecular weight is 453 g/mol. The molecule has 0 aliphatic carbocycles. The minimum absolute atomic E-state index is 0.0439. The van der Waals surface area contributed by atoms with Gasteiger partial charge in [0.15, 0.2) is 0 Å². The van der Waals surface area contributed by atoms with Crippen LogP contribution in [0.25, 0.3) is 22.2 Å². The van der Waals surface area contributed by atoms with Crippen LogP contribution in [0.5, 0.6) is 0 Å². The van der Waals surface area contributed by atoms with E-state index in [0.29, 0.717) is 31.2 Å². The van der Waals surface area contributed by atoms with Gasteiger partial charge >= 0.3 is 0 Å². The second-order valence-electron chi connectivity index (χ2n) is 8.23. The maximum Gasteiger partial charge on any atom is 0.237 e. The van der Waals surface area contributed by atoms with Gasteiger partial charge in [-0.15, -0.1) is 0 Å². The third-order valence-corrected chi connectivity index (χ3v) is 7.26. The maximum absolute atomic E-state index is 13.0. The molecule has 2 fully saturated rings. The Hall–Kier alpha value is -2.68. The summed E-state index contributed by atoms with van der Waals surface area (Å²) < 4.78 is 21.2. The van der Waals surface area contributed by atoms with E-state index in [1.54, 1.807) is 4.90 Å². The third kappa shape index (κ3) is 4.44. The molecule has 1 atom stereocenters. The minimum Gasteiger partial charge on any atom is -0.378 e. The van der Waals surface area contributed by atoms with Crippen molar-refractivity contribution in [2.45, 2.75) is 17.7 Å². The number of aromatic nitrogens is 1. The van der Waals surface area contributed by atoms with Gasteiger partial charge in [0.1, 0.15) is 11.0 Å². The van der Waals surface area contributed by atoms with Crippen molar-refractivity contribution in [1.29, 1.82) is 0 Å². The van der Waals surface area contributed by atoms with Crippen molar-refractivity contribution < 1.29 is 13.7 Å². The highest BCUT2D eigenvalue weighted by molar-refractivity contribution is 7.83. The van der Waals surface area contributed by atoms with Gasteiger partial charge in [0.2, 0.25) is 5.91 Å². The molecule has 2 aliphatic heterocycles. The molecule has 2 aromatic carbocycles. The van der Waals surface area contributed by atoms with Crippen molar-refractivity contribution in [2.24, 2.45) is 0 Å². The molecule has 2 saturated heterocycles. The maximum atomic E-state index is 13.0. The molecule has 1 aromatic heterocycles. The predicted octanol–water partition coefficient (Wildman–Crippen LogP) is 2.91.